The maximum absolute atomic E-state index is 6.03. The summed E-state index contributed by atoms with van der Waals surface area (Å²) in [5, 5.41) is 3.70. The number of nitrogen functional groups attached to an aromatic ring is 1. The van der Waals surface area contributed by atoms with E-state index >= 15 is 0 Å². The molecule has 1 aromatic carbocycles. The Morgan fingerprint density at radius 2 is 2.16 bits per heavy atom. The summed E-state index contributed by atoms with van der Waals surface area (Å²) in [5.74, 6) is 3.59. The number of benzene rings is 1. The van der Waals surface area contributed by atoms with Crippen LogP contribution in [0.3, 0.4) is 0 Å². The van der Waals surface area contributed by atoms with E-state index < -0.39 is 0 Å². The number of hydrogen-bond acceptors (Lipinski definition) is 5. The predicted molar refractivity (Wildman–Crippen MR) is 77.3 cm³/mol. The minimum absolute atomic E-state index is 0.330. The molecule has 0 bridgehead atoms. The summed E-state index contributed by atoms with van der Waals surface area (Å²) in [7, 11) is 0. The Hall–Kier alpha value is -1.62. The van der Waals surface area contributed by atoms with Crippen molar-refractivity contribution in [3.8, 4) is 16.9 Å². The third kappa shape index (κ3) is 2.87. The molecule has 0 amide bonds. The zero-order valence-corrected chi connectivity index (χ0v) is 11.4. The molecule has 0 unspecified atom stereocenters. The van der Waals surface area contributed by atoms with E-state index in [0.29, 0.717) is 12.0 Å². The van der Waals surface area contributed by atoms with Crippen LogP contribution in [0.15, 0.2) is 35.0 Å². The van der Waals surface area contributed by atoms with Gasteiger partial charge in [0.25, 0.3) is 0 Å². The molecule has 2 N–H and O–H groups in total. The van der Waals surface area contributed by atoms with Crippen molar-refractivity contribution in [1.82, 2.24) is 5.16 Å². The summed E-state index contributed by atoms with van der Waals surface area (Å²) in [6.45, 7) is 0. The van der Waals surface area contributed by atoms with Crippen LogP contribution in [0.1, 0.15) is 12.8 Å². The SMILES string of the molecule is Nc1oncc1-c1cccc(OC2CCSCC2)c1. The standard InChI is InChI=1S/C14H16N2O2S/c15-14-13(9-16-18-14)10-2-1-3-12(8-10)17-11-4-6-19-7-5-11/h1-3,8-9,11H,4-7,15H2. The zero-order valence-electron chi connectivity index (χ0n) is 10.5. The van der Waals surface area contributed by atoms with Gasteiger partial charge in [0.05, 0.1) is 11.8 Å². The quantitative estimate of drug-likeness (QED) is 0.932. The van der Waals surface area contributed by atoms with Crippen molar-refractivity contribution in [3.63, 3.8) is 0 Å². The number of aromatic nitrogens is 1. The van der Waals surface area contributed by atoms with Gasteiger partial charge in [0.15, 0.2) is 0 Å². The maximum atomic E-state index is 6.03. The molecule has 1 aliphatic heterocycles. The van der Waals surface area contributed by atoms with Crippen LogP contribution in [-0.2, 0) is 0 Å². The van der Waals surface area contributed by atoms with Gasteiger partial charge in [0.1, 0.15) is 11.9 Å². The minimum Gasteiger partial charge on any atom is -0.490 e. The normalized spacial score (nSPS) is 16.4. The molecule has 1 saturated heterocycles. The van der Waals surface area contributed by atoms with Crippen LogP contribution in [0.5, 0.6) is 5.75 Å². The summed E-state index contributed by atoms with van der Waals surface area (Å²) in [5.41, 5.74) is 7.52. The lowest BCUT2D eigenvalue weighted by Crippen LogP contribution is -2.21. The van der Waals surface area contributed by atoms with E-state index in [0.717, 1.165) is 29.7 Å². The van der Waals surface area contributed by atoms with E-state index in [1.54, 1.807) is 6.20 Å². The van der Waals surface area contributed by atoms with Gasteiger partial charge in [-0.2, -0.15) is 11.8 Å². The number of ether oxygens (including phenoxy) is 1. The fraction of sp³-hybridized carbons (Fsp3) is 0.357. The van der Waals surface area contributed by atoms with Gasteiger partial charge in [0, 0.05) is 0 Å². The highest BCUT2D eigenvalue weighted by atomic mass is 32.2. The number of rotatable bonds is 3. The molecule has 2 heterocycles. The topological polar surface area (TPSA) is 61.3 Å². The second kappa shape index (κ2) is 5.57. The Bertz CT molecular complexity index is 550. The van der Waals surface area contributed by atoms with Gasteiger partial charge in [0.2, 0.25) is 5.88 Å². The molecule has 2 aromatic rings. The molecule has 0 atom stereocenters. The first kappa shape index (κ1) is 12.4. The fourth-order valence-corrected chi connectivity index (χ4v) is 3.25. The Labute approximate surface area is 116 Å². The highest BCUT2D eigenvalue weighted by Gasteiger charge is 2.15. The molecule has 1 fully saturated rings. The first-order valence-corrected chi connectivity index (χ1v) is 7.53. The van der Waals surface area contributed by atoms with E-state index in [1.807, 2.05) is 36.0 Å². The highest BCUT2D eigenvalue weighted by Crippen LogP contribution is 2.29. The van der Waals surface area contributed by atoms with Crippen molar-refractivity contribution in [2.24, 2.45) is 0 Å². The average Bonchev–Trinajstić information content (AvgIpc) is 2.86. The van der Waals surface area contributed by atoms with Crippen molar-refractivity contribution >= 4 is 17.6 Å². The summed E-state index contributed by atoms with van der Waals surface area (Å²) in [4.78, 5) is 0. The third-order valence-corrected chi connectivity index (χ3v) is 4.26. The van der Waals surface area contributed by atoms with Crippen molar-refractivity contribution in [3.05, 3.63) is 30.5 Å². The Morgan fingerprint density at radius 1 is 1.32 bits per heavy atom. The van der Waals surface area contributed by atoms with Gasteiger partial charge in [-0.05, 0) is 42.0 Å². The molecule has 5 heteroatoms. The summed E-state index contributed by atoms with van der Waals surface area (Å²) >= 11 is 2.00. The minimum atomic E-state index is 0.330. The van der Waals surface area contributed by atoms with E-state index in [4.69, 9.17) is 15.0 Å². The van der Waals surface area contributed by atoms with Gasteiger partial charge in [-0.1, -0.05) is 17.3 Å². The summed E-state index contributed by atoms with van der Waals surface area (Å²) in [6.07, 6.45) is 4.19. The van der Waals surface area contributed by atoms with Gasteiger partial charge >= 0.3 is 0 Å². The Balaban J connectivity index is 1.78. The fourth-order valence-electron chi connectivity index (χ4n) is 2.19. The first-order chi connectivity index (χ1) is 9.33. The van der Waals surface area contributed by atoms with Gasteiger partial charge < -0.3 is 15.0 Å². The number of nitrogens with zero attached hydrogens (tertiary/aromatic N) is 1. The van der Waals surface area contributed by atoms with Gasteiger partial charge in [-0.3, -0.25) is 0 Å². The molecular formula is C14H16N2O2S. The lowest BCUT2D eigenvalue weighted by Gasteiger charge is -2.22. The van der Waals surface area contributed by atoms with Crippen LogP contribution in [-0.4, -0.2) is 22.8 Å². The van der Waals surface area contributed by atoms with Gasteiger partial charge in [-0.25, -0.2) is 0 Å². The van der Waals surface area contributed by atoms with Crippen LogP contribution in [0.25, 0.3) is 11.1 Å². The van der Waals surface area contributed by atoms with Crippen LogP contribution in [0.2, 0.25) is 0 Å². The predicted octanol–water partition coefficient (Wildman–Crippen LogP) is 3.20. The Morgan fingerprint density at radius 3 is 2.89 bits per heavy atom. The Kier molecular flexibility index (Phi) is 3.64. The van der Waals surface area contributed by atoms with Crippen molar-refractivity contribution in [1.29, 1.82) is 0 Å². The van der Waals surface area contributed by atoms with Crippen molar-refractivity contribution < 1.29 is 9.26 Å². The molecule has 3 rings (SSSR count). The summed E-state index contributed by atoms with van der Waals surface area (Å²) < 4.78 is 10.9. The number of nitrogens with two attached hydrogens (primary N) is 1. The largest absolute Gasteiger partial charge is 0.490 e. The average molecular weight is 276 g/mol. The number of hydrogen-bond donors (Lipinski definition) is 1. The van der Waals surface area contributed by atoms with Crippen LogP contribution in [0.4, 0.5) is 5.88 Å². The molecule has 1 aromatic heterocycles. The second-order valence-electron chi connectivity index (χ2n) is 4.56. The molecule has 4 nitrogen and oxygen atoms in total. The molecule has 0 spiro atoms. The van der Waals surface area contributed by atoms with E-state index in [-0.39, 0.29) is 0 Å². The van der Waals surface area contributed by atoms with Crippen LogP contribution < -0.4 is 10.5 Å². The lowest BCUT2D eigenvalue weighted by molar-refractivity contribution is 0.192. The molecule has 1 aliphatic rings. The van der Waals surface area contributed by atoms with Crippen LogP contribution in [0, 0.1) is 0 Å². The number of anilines is 1. The summed E-state index contributed by atoms with van der Waals surface area (Å²) in [6, 6.07) is 7.92. The molecule has 0 radical (unpaired) electrons. The smallest absolute Gasteiger partial charge is 0.229 e. The molecule has 19 heavy (non-hydrogen) atoms. The van der Waals surface area contributed by atoms with Crippen molar-refractivity contribution in [2.75, 3.05) is 17.2 Å². The van der Waals surface area contributed by atoms with E-state index in [9.17, 15) is 0 Å². The first-order valence-electron chi connectivity index (χ1n) is 6.38. The van der Waals surface area contributed by atoms with Gasteiger partial charge in [-0.15, -0.1) is 0 Å². The third-order valence-electron chi connectivity index (χ3n) is 3.21. The molecule has 0 saturated carbocycles. The monoisotopic (exact) mass is 276 g/mol. The zero-order chi connectivity index (χ0) is 13.1. The molecule has 100 valence electrons. The van der Waals surface area contributed by atoms with Crippen LogP contribution >= 0.6 is 11.8 Å². The molecule has 0 aliphatic carbocycles. The second-order valence-corrected chi connectivity index (χ2v) is 5.79. The van der Waals surface area contributed by atoms with E-state index in [2.05, 4.69) is 5.16 Å². The van der Waals surface area contributed by atoms with E-state index in [1.165, 1.54) is 11.5 Å². The number of thioether (sulfide) groups is 1. The molecular weight excluding hydrogens is 260 g/mol. The maximum Gasteiger partial charge on any atom is 0.229 e. The van der Waals surface area contributed by atoms with Crippen molar-refractivity contribution in [2.45, 2.75) is 18.9 Å². The highest BCUT2D eigenvalue weighted by molar-refractivity contribution is 7.99. The lowest BCUT2D eigenvalue weighted by atomic mass is 10.1.